The monoisotopic (exact) mass is 220 g/mol. The molecule has 0 atom stereocenters. The summed E-state index contributed by atoms with van der Waals surface area (Å²) < 4.78 is 31.2. The lowest BCUT2D eigenvalue weighted by atomic mass is 10.2. The average Bonchev–Trinajstić information content (AvgIpc) is 2.24. The highest BCUT2D eigenvalue weighted by Crippen LogP contribution is 2.23. The van der Waals surface area contributed by atoms with Crippen LogP contribution in [-0.2, 0) is 0 Å². The van der Waals surface area contributed by atoms with Gasteiger partial charge in [0.25, 0.3) is 0 Å². The molecule has 0 spiro atoms. The van der Waals surface area contributed by atoms with Crippen molar-refractivity contribution in [3.63, 3.8) is 0 Å². The van der Waals surface area contributed by atoms with Gasteiger partial charge in [-0.1, -0.05) is 6.07 Å². The first-order chi connectivity index (χ1) is 7.65. The summed E-state index contributed by atoms with van der Waals surface area (Å²) in [6.07, 6.45) is 0. The van der Waals surface area contributed by atoms with Crippen LogP contribution in [0.2, 0.25) is 0 Å². The summed E-state index contributed by atoms with van der Waals surface area (Å²) in [7, 11) is 0. The van der Waals surface area contributed by atoms with E-state index in [4.69, 9.17) is 4.74 Å². The number of ether oxygens (including phenoxy) is 1. The Morgan fingerprint density at radius 3 is 2.38 bits per heavy atom. The molecule has 0 aliphatic rings. The maximum Gasteiger partial charge on any atom is 0.130 e. The van der Waals surface area contributed by atoms with Crippen LogP contribution in [0.5, 0.6) is 11.5 Å². The van der Waals surface area contributed by atoms with E-state index >= 15 is 0 Å². The Labute approximate surface area is 92.3 Å². The van der Waals surface area contributed by atoms with Crippen molar-refractivity contribution >= 4 is 0 Å². The van der Waals surface area contributed by atoms with Crippen molar-refractivity contribution in [1.82, 2.24) is 0 Å². The average molecular weight is 220 g/mol. The molecule has 2 aromatic carbocycles. The van der Waals surface area contributed by atoms with E-state index in [9.17, 15) is 8.78 Å². The van der Waals surface area contributed by atoms with Crippen molar-refractivity contribution < 1.29 is 13.5 Å². The van der Waals surface area contributed by atoms with Crippen LogP contribution in [0.3, 0.4) is 0 Å². The number of benzene rings is 2. The third kappa shape index (κ3) is 2.37. The molecule has 0 saturated heterocycles. The molecule has 0 N–H and O–H groups in total. The van der Waals surface area contributed by atoms with E-state index in [0.717, 1.165) is 0 Å². The van der Waals surface area contributed by atoms with Gasteiger partial charge in [0, 0.05) is 6.07 Å². The number of aryl methyl sites for hydroxylation is 1. The molecule has 1 nitrogen and oxygen atoms in total. The number of hydrogen-bond acceptors (Lipinski definition) is 1. The topological polar surface area (TPSA) is 9.23 Å². The Hall–Kier alpha value is -1.90. The fraction of sp³-hybridized carbons (Fsp3) is 0.0769. The zero-order valence-corrected chi connectivity index (χ0v) is 8.71. The third-order valence-corrected chi connectivity index (χ3v) is 2.16. The van der Waals surface area contributed by atoms with E-state index in [1.165, 1.54) is 24.3 Å². The second-order valence-corrected chi connectivity index (χ2v) is 3.47. The Balaban J connectivity index is 2.24. The van der Waals surface area contributed by atoms with Gasteiger partial charge in [0.15, 0.2) is 0 Å². The maximum atomic E-state index is 13.0. The van der Waals surface area contributed by atoms with Crippen LogP contribution in [-0.4, -0.2) is 0 Å². The normalized spacial score (nSPS) is 10.2. The van der Waals surface area contributed by atoms with E-state index < -0.39 is 0 Å². The van der Waals surface area contributed by atoms with Crippen LogP contribution in [0, 0.1) is 18.6 Å². The van der Waals surface area contributed by atoms with E-state index in [-0.39, 0.29) is 11.6 Å². The molecule has 0 aromatic heterocycles. The largest absolute Gasteiger partial charge is 0.457 e. The maximum absolute atomic E-state index is 13.0. The molecular weight excluding hydrogens is 210 g/mol. The second kappa shape index (κ2) is 4.31. The molecule has 0 bridgehead atoms. The first-order valence-corrected chi connectivity index (χ1v) is 4.85. The molecule has 0 amide bonds. The molecule has 0 saturated carbocycles. The van der Waals surface area contributed by atoms with Crippen LogP contribution in [0.1, 0.15) is 5.56 Å². The number of rotatable bonds is 2. The summed E-state index contributed by atoms with van der Waals surface area (Å²) >= 11 is 0. The second-order valence-electron chi connectivity index (χ2n) is 3.47. The van der Waals surface area contributed by atoms with Gasteiger partial charge in [-0.15, -0.1) is 0 Å². The van der Waals surface area contributed by atoms with Crippen molar-refractivity contribution in [2.45, 2.75) is 6.92 Å². The third-order valence-electron chi connectivity index (χ3n) is 2.16. The Morgan fingerprint density at radius 2 is 1.69 bits per heavy atom. The van der Waals surface area contributed by atoms with Gasteiger partial charge in [-0.3, -0.25) is 0 Å². The molecule has 0 heterocycles. The summed E-state index contributed by atoms with van der Waals surface area (Å²) in [6, 6.07) is 10.2. The summed E-state index contributed by atoms with van der Waals surface area (Å²) in [5.74, 6) is 0.235. The predicted octanol–water partition coefficient (Wildman–Crippen LogP) is 4.07. The molecule has 0 aliphatic heterocycles. The Kier molecular flexibility index (Phi) is 2.86. The molecule has 82 valence electrons. The van der Waals surface area contributed by atoms with Crippen molar-refractivity contribution in [2.24, 2.45) is 0 Å². The van der Waals surface area contributed by atoms with Crippen molar-refractivity contribution in [3.05, 3.63) is 59.7 Å². The summed E-state index contributed by atoms with van der Waals surface area (Å²) in [6.45, 7) is 1.65. The highest BCUT2D eigenvalue weighted by atomic mass is 19.1. The van der Waals surface area contributed by atoms with Crippen molar-refractivity contribution in [1.29, 1.82) is 0 Å². The van der Waals surface area contributed by atoms with Gasteiger partial charge in [0.2, 0.25) is 0 Å². The van der Waals surface area contributed by atoms with Crippen LogP contribution >= 0.6 is 0 Å². The van der Waals surface area contributed by atoms with E-state index in [1.807, 2.05) is 0 Å². The van der Waals surface area contributed by atoms with Gasteiger partial charge in [0.05, 0.1) is 0 Å². The minimum absolute atomic E-state index is 0.286. The van der Waals surface area contributed by atoms with Crippen LogP contribution < -0.4 is 4.74 Å². The van der Waals surface area contributed by atoms with Gasteiger partial charge in [0.1, 0.15) is 23.1 Å². The molecular formula is C13H10F2O. The molecule has 0 fully saturated rings. The molecule has 2 rings (SSSR count). The highest BCUT2D eigenvalue weighted by Gasteiger charge is 2.02. The molecule has 16 heavy (non-hydrogen) atoms. The van der Waals surface area contributed by atoms with E-state index in [2.05, 4.69) is 0 Å². The van der Waals surface area contributed by atoms with Gasteiger partial charge in [-0.25, -0.2) is 8.78 Å². The molecule has 0 radical (unpaired) electrons. The summed E-state index contributed by atoms with van der Waals surface area (Å²) in [5.41, 5.74) is 0.494. The molecule has 0 unspecified atom stereocenters. The SMILES string of the molecule is Cc1cc(Oc2cccc(F)c2)ccc1F. The van der Waals surface area contributed by atoms with Gasteiger partial charge >= 0.3 is 0 Å². The van der Waals surface area contributed by atoms with E-state index in [0.29, 0.717) is 17.1 Å². The zero-order chi connectivity index (χ0) is 11.5. The standard InChI is InChI=1S/C13H10F2O/c1-9-7-12(5-6-13(9)15)16-11-4-2-3-10(14)8-11/h2-8H,1H3. The lowest BCUT2D eigenvalue weighted by Gasteiger charge is -2.06. The number of halogens is 2. The van der Waals surface area contributed by atoms with Crippen LogP contribution in [0.4, 0.5) is 8.78 Å². The van der Waals surface area contributed by atoms with Crippen LogP contribution in [0.15, 0.2) is 42.5 Å². The van der Waals surface area contributed by atoms with Crippen molar-refractivity contribution in [3.8, 4) is 11.5 Å². The van der Waals surface area contributed by atoms with E-state index in [1.54, 1.807) is 25.1 Å². The summed E-state index contributed by atoms with van der Waals surface area (Å²) in [5, 5.41) is 0. The van der Waals surface area contributed by atoms with Crippen LogP contribution in [0.25, 0.3) is 0 Å². The highest BCUT2D eigenvalue weighted by molar-refractivity contribution is 5.34. The van der Waals surface area contributed by atoms with Crippen molar-refractivity contribution in [2.75, 3.05) is 0 Å². The van der Waals surface area contributed by atoms with Gasteiger partial charge in [-0.05, 0) is 42.8 Å². The quantitative estimate of drug-likeness (QED) is 0.741. The molecule has 2 aromatic rings. The minimum Gasteiger partial charge on any atom is -0.457 e. The lowest BCUT2D eigenvalue weighted by molar-refractivity contribution is 0.474. The summed E-state index contributed by atoms with van der Waals surface area (Å²) in [4.78, 5) is 0. The lowest BCUT2D eigenvalue weighted by Crippen LogP contribution is -1.87. The van der Waals surface area contributed by atoms with Gasteiger partial charge in [-0.2, -0.15) is 0 Å². The Bertz CT molecular complexity index is 509. The minimum atomic E-state index is -0.365. The fourth-order valence-electron chi connectivity index (χ4n) is 1.35. The zero-order valence-electron chi connectivity index (χ0n) is 8.71. The van der Waals surface area contributed by atoms with Gasteiger partial charge < -0.3 is 4.74 Å². The number of hydrogen-bond donors (Lipinski definition) is 0. The first-order valence-electron chi connectivity index (χ1n) is 4.85. The smallest absolute Gasteiger partial charge is 0.130 e. The fourth-order valence-corrected chi connectivity index (χ4v) is 1.35. The first kappa shape index (κ1) is 10.6. The Morgan fingerprint density at radius 1 is 0.938 bits per heavy atom. The molecule has 3 heteroatoms. The molecule has 0 aliphatic carbocycles. The predicted molar refractivity (Wildman–Crippen MR) is 57.6 cm³/mol.